The van der Waals surface area contributed by atoms with Crippen molar-refractivity contribution in [1.82, 2.24) is 0 Å². The van der Waals surface area contributed by atoms with E-state index >= 15 is 0 Å². The number of hydrogen-bond donors (Lipinski definition) is 2. The summed E-state index contributed by atoms with van der Waals surface area (Å²) in [5, 5.41) is 22.7. The summed E-state index contributed by atoms with van der Waals surface area (Å²) in [5.74, 6) is 0.777. The van der Waals surface area contributed by atoms with E-state index in [0.717, 1.165) is 101 Å². The molecule has 4 atom stereocenters. The molecule has 0 saturated heterocycles. The van der Waals surface area contributed by atoms with Gasteiger partial charge in [-0.2, -0.15) is 0 Å². The number of phenolic OH excluding ortho intramolecular Hbond substituents is 2. The maximum absolute atomic E-state index is 13.6. The van der Waals surface area contributed by atoms with E-state index in [1.165, 1.54) is 6.42 Å². The Morgan fingerprint density at radius 3 is 1.88 bits per heavy atom. The first kappa shape index (κ1) is 41.4. The predicted molar refractivity (Wildman–Crippen MR) is 204 cm³/mol. The van der Waals surface area contributed by atoms with E-state index < -0.39 is 11.9 Å². The fraction of sp³-hybridized carbons (Fsp3) is 0.682. The maximum Gasteiger partial charge on any atom is 0.423 e. The number of phenols is 2. The lowest BCUT2D eigenvalue weighted by Crippen LogP contribution is -2.29. The Morgan fingerprint density at radius 1 is 0.720 bits per heavy atom. The fourth-order valence-electron chi connectivity index (χ4n) is 7.83. The molecule has 2 N–H and O–H groups in total. The zero-order valence-electron chi connectivity index (χ0n) is 32.6. The molecular formula is C44H68O6. The Kier molecular flexibility index (Phi) is 17.2. The van der Waals surface area contributed by atoms with Crippen LogP contribution in [-0.2, 0) is 28.9 Å². The predicted octanol–water partition coefficient (Wildman–Crippen LogP) is 11.6. The largest absolute Gasteiger partial charge is 0.508 e. The SMILES string of the molecule is CCCCCc1cc(O)c(CC[C@@H](C)CCCC(C)C)c(OC(=O)C(=O)Oc2cc(CCCCC)cc(O)c2[C@@H]2C[C@@H](C)CC[C@H]2C(C)C)c1. The third kappa shape index (κ3) is 12.6. The van der Waals surface area contributed by atoms with Gasteiger partial charge in [-0.05, 0) is 122 Å². The van der Waals surface area contributed by atoms with Crippen molar-refractivity contribution in [2.75, 3.05) is 0 Å². The van der Waals surface area contributed by atoms with Crippen molar-refractivity contribution in [3.8, 4) is 23.0 Å². The highest BCUT2D eigenvalue weighted by molar-refractivity contribution is 6.31. The highest BCUT2D eigenvalue weighted by Gasteiger charge is 2.36. The molecule has 0 radical (unpaired) electrons. The minimum absolute atomic E-state index is 0.00754. The van der Waals surface area contributed by atoms with E-state index in [2.05, 4.69) is 55.4 Å². The fourth-order valence-corrected chi connectivity index (χ4v) is 7.83. The quantitative estimate of drug-likeness (QED) is 0.0659. The number of unbranched alkanes of at least 4 members (excludes halogenated alkanes) is 4. The van der Waals surface area contributed by atoms with Gasteiger partial charge >= 0.3 is 11.9 Å². The van der Waals surface area contributed by atoms with Gasteiger partial charge in [0.05, 0.1) is 0 Å². The molecule has 1 saturated carbocycles. The van der Waals surface area contributed by atoms with Crippen molar-refractivity contribution in [1.29, 1.82) is 0 Å². The van der Waals surface area contributed by atoms with Gasteiger partial charge in [0.2, 0.25) is 0 Å². The number of hydrogen-bond acceptors (Lipinski definition) is 6. The first-order chi connectivity index (χ1) is 23.8. The molecule has 1 aliphatic rings. The maximum atomic E-state index is 13.6. The van der Waals surface area contributed by atoms with E-state index in [1.807, 2.05) is 18.2 Å². The summed E-state index contributed by atoms with van der Waals surface area (Å²) in [4.78, 5) is 27.2. The Morgan fingerprint density at radius 2 is 1.30 bits per heavy atom. The van der Waals surface area contributed by atoms with E-state index in [1.54, 1.807) is 6.07 Å². The molecule has 0 unspecified atom stereocenters. The number of carbonyl (C=O) groups excluding carboxylic acids is 2. The van der Waals surface area contributed by atoms with Crippen LogP contribution >= 0.6 is 0 Å². The smallest absolute Gasteiger partial charge is 0.423 e. The monoisotopic (exact) mass is 693 g/mol. The van der Waals surface area contributed by atoms with Crippen LogP contribution in [0.5, 0.6) is 23.0 Å². The normalized spacial score (nSPS) is 18.4. The van der Waals surface area contributed by atoms with Crippen LogP contribution < -0.4 is 9.47 Å². The Balaban J connectivity index is 1.91. The van der Waals surface area contributed by atoms with Gasteiger partial charge in [-0.1, -0.05) is 107 Å². The topological polar surface area (TPSA) is 93.1 Å². The summed E-state index contributed by atoms with van der Waals surface area (Å²) >= 11 is 0. The molecule has 0 aromatic heterocycles. The van der Waals surface area contributed by atoms with Crippen LogP contribution in [-0.4, -0.2) is 22.2 Å². The van der Waals surface area contributed by atoms with Crippen LogP contribution in [0.15, 0.2) is 24.3 Å². The second kappa shape index (κ2) is 20.7. The van der Waals surface area contributed by atoms with Gasteiger partial charge in [0.1, 0.15) is 23.0 Å². The van der Waals surface area contributed by atoms with E-state index in [-0.39, 0.29) is 28.9 Å². The van der Waals surface area contributed by atoms with Crippen molar-refractivity contribution in [3.05, 3.63) is 46.5 Å². The van der Waals surface area contributed by atoms with Crippen molar-refractivity contribution >= 4 is 11.9 Å². The lowest BCUT2D eigenvalue weighted by atomic mass is 9.67. The van der Waals surface area contributed by atoms with Crippen LogP contribution in [0.4, 0.5) is 0 Å². The van der Waals surface area contributed by atoms with Crippen LogP contribution in [0.3, 0.4) is 0 Å². The summed E-state index contributed by atoms with van der Waals surface area (Å²) in [6.07, 6.45) is 15.5. The van der Waals surface area contributed by atoms with Crippen LogP contribution in [0, 0.1) is 29.6 Å². The van der Waals surface area contributed by atoms with Crippen LogP contribution in [0.1, 0.15) is 167 Å². The van der Waals surface area contributed by atoms with E-state index in [9.17, 15) is 19.8 Å². The average molecular weight is 693 g/mol. The molecule has 280 valence electrons. The first-order valence-corrected chi connectivity index (χ1v) is 20.0. The second-order valence-electron chi connectivity index (χ2n) is 16.2. The van der Waals surface area contributed by atoms with Gasteiger partial charge in [-0.25, -0.2) is 9.59 Å². The number of aromatic hydroxyl groups is 2. The Bertz CT molecular complexity index is 1360. The third-order valence-corrected chi connectivity index (χ3v) is 10.9. The highest BCUT2D eigenvalue weighted by Crippen LogP contribution is 2.50. The molecule has 0 spiro atoms. The number of rotatable bonds is 19. The highest BCUT2D eigenvalue weighted by atomic mass is 16.6. The Hall–Kier alpha value is -3.02. The molecule has 6 heteroatoms. The number of ether oxygens (including phenoxy) is 2. The van der Waals surface area contributed by atoms with Crippen molar-refractivity contribution < 1.29 is 29.3 Å². The zero-order valence-corrected chi connectivity index (χ0v) is 32.6. The molecule has 0 bridgehead atoms. The molecular weight excluding hydrogens is 624 g/mol. The average Bonchev–Trinajstić information content (AvgIpc) is 3.04. The van der Waals surface area contributed by atoms with Gasteiger partial charge in [0, 0.05) is 11.1 Å². The lowest BCUT2D eigenvalue weighted by Gasteiger charge is -2.38. The molecule has 2 aromatic carbocycles. The minimum Gasteiger partial charge on any atom is -0.508 e. The molecule has 2 aromatic rings. The second-order valence-corrected chi connectivity index (χ2v) is 16.2. The van der Waals surface area contributed by atoms with Gasteiger partial charge in [0.15, 0.2) is 0 Å². The number of carbonyl (C=O) groups is 2. The summed E-state index contributed by atoms with van der Waals surface area (Å²) < 4.78 is 11.7. The van der Waals surface area contributed by atoms with Gasteiger partial charge in [-0.15, -0.1) is 0 Å². The number of aryl methyl sites for hydroxylation is 2. The van der Waals surface area contributed by atoms with Gasteiger partial charge < -0.3 is 19.7 Å². The first-order valence-electron chi connectivity index (χ1n) is 20.0. The minimum atomic E-state index is -1.12. The molecule has 0 aliphatic heterocycles. The third-order valence-electron chi connectivity index (χ3n) is 10.9. The van der Waals surface area contributed by atoms with Gasteiger partial charge in [0.25, 0.3) is 0 Å². The van der Waals surface area contributed by atoms with Crippen LogP contribution in [0.25, 0.3) is 0 Å². The van der Waals surface area contributed by atoms with Crippen molar-refractivity contribution in [3.63, 3.8) is 0 Å². The molecule has 1 aliphatic carbocycles. The van der Waals surface area contributed by atoms with Crippen molar-refractivity contribution in [2.45, 2.75) is 164 Å². The van der Waals surface area contributed by atoms with E-state index in [0.29, 0.717) is 47.1 Å². The molecule has 0 heterocycles. The molecule has 3 rings (SSSR count). The van der Waals surface area contributed by atoms with Gasteiger partial charge in [-0.3, -0.25) is 0 Å². The molecule has 6 nitrogen and oxygen atoms in total. The summed E-state index contributed by atoms with van der Waals surface area (Å²) in [6, 6.07) is 7.25. The summed E-state index contributed by atoms with van der Waals surface area (Å²) in [5.41, 5.74) is 2.93. The van der Waals surface area contributed by atoms with Crippen molar-refractivity contribution in [2.24, 2.45) is 29.6 Å². The Labute approximate surface area is 303 Å². The zero-order chi connectivity index (χ0) is 36.8. The standard InChI is InChI=1S/C44H68O6/c1-9-11-13-18-33-25-38(45)36(23-20-31(7)17-15-16-29(3)4)40(27-33)49-43(47)44(48)50-41-28-34(19-14-12-10-2)26-39(46)42(41)37-24-32(8)21-22-35(37)30(5)6/h25-32,35,37,45-46H,9-24H2,1-8H3/t31-,32-,35-,37+/m0/s1. The molecule has 0 amide bonds. The number of esters is 2. The summed E-state index contributed by atoms with van der Waals surface area (Å²) in [6.45, 7) is 17.7. The molecule has 1 fully saturated rings. The number of benzene rings is 2. The lowest BCUT2D eigenvalue weighted by molar-refractivity contribution is -0.156. The van der Waals surface area contributed by atoms with E-state index in [4.69, 9.17) is 9.47 Å². The van der Waals surface area contributed by atoms with Crippen LogP contribution in [0.2, 0.25) is 0 Å². The molecule has 50 heavy (non-hydrogen) atoms. The summed E-state index contributed by atoms with van der Waals surface area (Å²) in [7, 11) is 0.